The number of nitrogen functional groups attached to an aromatic ring is 1. The van der Waals surface area contributed by atoms with Gasteiger partial charge in [-0.15, -0.1) is 0 Å². The quantitative estimate of drug-likeness (QED) is 0.114. The molecule has 0 radical (unpaired) electrons. The van der Waals surface area contributed by atoms with Gasteiger partial charge in [-0.1, -0.05) is 0 Å². The number of nitrogens with one attached hydrogen (secondary N) is 2. The maximum absolute atomic E-state index is 14.1. The Kier molecular flexibility index (Phi) is 9.93. The number of hydrogen-bond acceptors (Lipinski definition) is 14. The first-order valence-electron chi connectivity index (χ1n) is 14.2. The number of aliphatic hydroxyl groups excluding tert-OH is 2. The Labute approximate surface area is 251 Å². The first-order chi connectivity index (χ1) is 21.0. The van der Waals surface area contributed by atoms with Crippen molar-refractivity contribution in [3.8, 4) is 0 Å². The number of aliphatic hydroxyl groups is 2. The summed E-state index contributed by atoms with van der Waals surface area (Å²) >= 11 is 0. The molecule has 0 bridgehead atoms. The number of imidazole rings is 1. The molecule has 0 spiro atoms. The van der Waals surface area contributed by atoms with E-state index in [2.05, 4.69) is 25.0 Å². The van der Waals surface area contributed by atoms with Crippen LogP contribution in [0.4, 0.5) is 5.82 Å². The van der Waals surface area contributed by atoms with Crippen molar-refractivity contribution >= 4 is 24.7 Å². The van der Waals surface area contributed by atoms with Crippen LogP contribution in [-0.4, -0.2) is 109 Å². The minimum Gasteiger partial charge on any atom is -0.394 e. The van der Waals surface area contributed by atoms with Crippen molar-refractivity contribution in [2.45, 2.75) is 63.1 Å². The predicted octanol–water partition coefficient (Wildman–Crippen LogP) is -0.753. The summed E-state index contributed by atoms with van der Waals surface area (Å²) in [6.07, 6.45) is -0.277. The molecule has 2 fully saturated rings. The maximum atomic E-state index is 14.1. The summed E-state index contributed by atoms with van der Waals surface area (Å²) in [5.41, 5.74) is 5.81. The molecule has 6 N–H and O–H groups in total. The second-order valence-corrected chi connectivity index (χ2v) is 12.8. The number of ether oxygens (including phenoxy) is 2. The van der Waals surface area contributed by atoms with E-state index in [1.807, 2.05) is 19.0 Å². The summed E-state index contributed by atoms with van der Waals surface area (Å²) in [7, 11) is -0.262. The number of fused-ring (bicyclic) bond motifs is 1. The maximum Gasteiger partial charge on any atom is 0.405 e. The van der Waals surface area contributed by atoms with Crippen molar-refractivity contribution < 1.29 is 33.3 Å². The van der Waals surface area contributed by atoms with Crippen molar-refractivity contribution in [2.75, 3.05) is 46.1 Å². The van der Waals surface area contributed by atoms with Gasteiger partial charge >= 0.3 is 13.4 Å². The number of aromatic amines is 1. The van der Waals surface area contributed by atoms with E-state index in [0.29, 0.717) is 29.7 Å². The molecule has 2 aliphatic rings. The van der Waals surface area contributed by atoms with E-state index in [1.165, 1.54) is 23.4 Å². The van der Waals surface area contributed by atoms with Gasteiger partial charge in [-0.3, -0.25) is 28.0 Å². The van der Waals surface area contributed by atoms with Gasteiger partial charge in [-0.05, 0) is 34.0 Å². The van der Waals surface area contributed by atoms with Crippen molar-refractivity contribution in [3.05, 3.63) is 45.3 Å². The number of anilines is 1. The van der Waals surface area contributed by atoms with Crippen LogP contribution in [0.1, 0.15) is 37.3 Å². The molecule has 5 rings (SSSR count). The Hall–Kier alpha value is -3.06. The first kappa shape index (κ1) is 32.3. The zero-order valence-corrected chi connectivity index (χ0v) is 25.5. The Morgan fingerprint density at radius 1 is 1.18 bits per heavy atom. The van der Waals surface area contributed by atoms with Crippen LogP contribution < -0.4 is 22.1 Å². The molecule has 0 aliphatic carbocycles. The standard InChI is InChI=1S/C25H38N9O9P/c1-14-9-33(25(38)31-24(14)37)20-8-16(17(10-35)41-20)43-44(39,30-5-4-6-32(2)3)40-11-18-15(36)7-19(42-18)34-13-29-21-22(26)27-12-28-23(21)34/h9,12-13,15-20,35-36H,4-8,10-11H2,1-3H3,(H,30,39)(H2,26,27,28)(H,31,37,38). The summed E-state index contributed by atoms with van der Waals surface area (Å²) in [5.74, 6) is 0.213. The third-order valence-electron chi connectivity index (χ3n) is 7.49. The summed E-state index contributed by atoms with van der Waals surface area (Å²) in [4.78, 5) is 40.9. The monoisotopic (exact) mass is 639 g/mol. The molecule has 7 unspecified atom stereocenters. The number of rotatable bonds is 13. The molecule has 3 aromatic rings. The number of nitrogens with zero attached hydrogens (tertiary/aromatic N) is 6. The van der Waals surface area contributed by atoms with Crippen LogP contribution in [0.2, 0.25) is 0 Å². The van der Waals surface area contributed by atoms with E-state index >= 15 is 0 Å². The molecule has 0 aromatic carbocycles. The van der Waals surface area contributed by atoms with Crippen LogP contribution in [-0.2, 0) is 23.1 Å². The fourth-order valence-corrected chi connectivity index (χ4v) is 6.72. The summed E-state index contributed by atoms with van der Waals surface area (Å²) in [5, 5.41) is 23.7. The van der Waals surface area contributed by atoms with E-state index in [4.69, 9.17) is 24.3 Å². The van der Waals surface area contributed by atoms with E-state index in [1.54, 1.807) is 11.5 Å². The normalized spacial score (nSPS) is 27.0. The Morgan fingerprint density at radius 2 is 1.93 bits per heavy atom. The van der Waals surface area contributed by atoms with Gasteiger partial charge in [0.15, 0.2) is 11.5 Å². The highest BCUT2D eigenvalue weighted by atomic mass is 31.2. The second kappa shape index (κ2) is 13.5. The zero-order valence-electron chi connectivity index (χ0n) is 24.6. The molecular weight excluding hydrogens is 601 g/mol. The molecule has 18 nitrogen and oxygen atoms in total. The summed E-state index contributed by atoms with van der Waals surface area (Å²) in [6.45, 7) is 1.74. The lowest BCUT2D eigenvalue weighted by molar-refractivity contribution is -0.0521. The van der Waals surface area contributed by atoms with Crippen LogP contribution in [0.25, 0.3) is 11.2 Å². The lowest BCUT2D eigenvalue weighted by Crippen LogP contribution is -2.33. The largest absolute Gasteiger partial charge is 0.405 e. The number of H-pyrrole nitrogens is 1. The Balaban J connectivity index is 1.29. The number of hydrogen-bond donors (Lipinski definition) is 5. The zero-order chi connectivity index (χ0) is 31.6. The molecule has 0 saturated carbocycles. The van der Waals surface area contributed by atoms with Gasteiger partial charge in [-0.25, -0.2) is 29.4 Å². The van der Waals surface area contributed by atoms with Gasteiger partial charge in [0.25, 0.3) is 5.56 Å². The van der Waals surface area contributed by atoms with Crippen molar-refractivity contribution in [3.63, 3.8) is 0 Å². The van der Waals surface area contributed by atoms with Gasteiger partial charge in [0, 0.05) is 31.1 Å². The molecule has 2 aliphatic heterocycles. The lowest BCUT2D eigenvalue weighted by Gasteiger charge is -2.26. The van der Waals surface area contributed by atoms with Crippen LogP contribution in [0.3, 0.4) is 0 Å². The van der Waals surface area contributed by atoms with Crippen LogP contribution in [0, 0.1) is 6.92 Å². The van der Waals surface area contributed by atoms with Gasteiger partial charge in [-0.2, -0.15) is 0 Å². The van der Waals surface area contributed by atoms with Gasteiger partial charge in [0.05, 0.1) is 25.6 Å². The fraction of sp³-hybridized carbons (Fsp3) is 0.640. The highest BCUT2D eigenvalue weighted by molar-refractivity contribution is 7.51. The predicted molar refractivity (Wildman–Crippen MR) is 156 cm³/mol. The Bertz CT molecular complexity index is 1610. The van der Waals surface area contributed by atoms with Crippen molar-refractivity contribution in [1.82, 2.24) is 39.1 Å². The highest BCUT2D eigenvalue weighted by Crippen LogP contribution is 2.49. The Morgan fingerprint density at radius 3 is 2.68 bits per heavy atom. The van der Waals surface area contributed by atoms with Gasteiger partial charge < -0.3 is 30.3 Å². The lowest BCUT2D eigenvalue weighted by atomic mass is 10.2. The second-order valence-electron chi connectivity index (χ2n) is 11.0. The highest BCUT2D eigenvalue weighted by Gasteiger charge is 2.43. The van der Waals surface area contributed by atoms with Crippen LogP contribution >= 0.6 is 7.75 Å². The molecule has 3 aromatic heterocycles. The van der Waals surface area contributed by atoms with Crippen molar-refractivity contribution in [2.24, 2.45) is 0 Å². The number of aromatic nitrogens is 6. The number of nitrogens with two attached hydrogens (primary N) is 1. The van der Waals surface area contributed by atoms with Gasteiger partial charge in [0.2, 0.25) is 0 Å². The molecule has 242 valence electrons. The van der Waals surface area contributed by atoms with E-state index in [0.717, 1.165) is 0 Å². The topological polar surface area (TPSA) is 234 Å². The molecule has 7 atom stereocenters. The minimum absolute atomic E-state index is 0.0344. The molecule has 2 saturated heterocycles. The average molecular weight is 640 g/mol. The molecule has 5 heterocycles. The molecule has 44 heavy (non-hydrogen) atoms. The smallest absolute Gasteiger partial charge is 0.394 e. The number of aryl methyl sites for hydroxylation is 1. The molecule has 0 amide bonds. The van der Waals surface area contributed by atoms with E-state index in [9.17, 15) is 24.4 Å². The fourth-order valence-electron chi connectivity index (χ4n) is 5.14. The first-order valence-corrected chi connectivity index (χ1v) is 15.7. The van der Waals surface area contributed by atoms with E-state index in [-0.39, 0.29) is 31.8 Å². The average Bonchev–Trinajstić information content (AvgIpc) is 3.69. The summed E-state index contributed by atoms with van der Waals surface area (Å²) < 4.78 is 40.6. The van der Waals surface area contributed by atoms with Crippen LogP contribution in [0.15, 0.2) is 28.4 Å². The van der Waals surface area contributed by atoms with E-state index < -0.39 is 62.5 Å². The van der Waals surface area contributed by atoms with Crippen LogP contribution in [0.5, 0.6) is 0 Å². The molecular formula is C25H38N9O9P. The third-order valence-corrected chi connectivity index (χ3v) is 9.14. The molecule has 19 heteroatoms. The van der Waals surface area contributed by atoms with Gasteiger partial charge in [0.1, 0.15) is 42.6 Å². The SMILES string of the molecule is Cc1cn(C2CC(OP(=O)(NCCCN(C)C)OCC3OC(n4cnc5c(N)ncnc54)CC3O)C(CO)O2)c(=O)[nH]c1=O. The van der Waals surface area contributed by atoms with Crippen molar-refractivity contribution in [1.29, 1.82) is 0 Å². The minimum atomic E-state index is -4.08. The summed E-state index contributed by atoms with van der Waals surface area (Å²) in [6, 6.07) is 0. The third kappa shape index (κ3) is 7.09.